The normalized spacial score (nSPS) is 16.0. The van der Waals surface area contributed by atoms with Crippen molar-refractivity contribution < 1.29 is 12.6 Å². The molecule has 1 fully saturated rings. The van der Waals surface area contributed by atoms with Gasteiger partial charge in [-0.2, -0.15) is 5.10 Å². The van der Waals surface area contributed by atoms with E-state index >= 15 is 0 Å². The molecule has 0 radical (unpaired) electrons. The molecule has 0 saturated carbocycles. The standard InChI is InChI=1S/C25H29N5O2/c1-25(2,31)9-6-18-4-3-5-19(12-18)17-32-23-13-20(14-28-24(23)26)21-15-29-30(16-21)22-7-10-27-11-8-22/h3-5,12-16,22,27,31H,7-8,10-11,17H2,1-2H3,(H2,26,28)/i17D2. The molecule has 0 amide bonds. The molecule has 4 N–H and O–H groups in total. The summed E-state index contributed by atoms with van der Waals surface area (Å²) in [7, 11) is 0. The maximum absolute atomic E-state index is 9.83. The molecule has 0 bridgehead atoms. The highest BCUT2D eigenvalue weighted by atomic mass is 16.5. The van der Waals surface area contributed by atoms with E-state index in [1.807, 2.05) is 10.9 Å². The van der Waals surface area contributed by atoms with E-state index in [2.05, 4.69) is 27.2 Å². The molecule has 0 unspecified atom stereocenters. The number of aromatic nitrogens is 3. The van der Waals surface area contributed by atoms with E-state index in [-0.39, 0.29) is 17.1 Å². The second-order valence-electron chi connectivity index (χ2n) is 8.39. The van der Waals surface area contributed by atoms with Crippen molar-refractivity contribution in [3.8, 4) is 28.7 Å². The van der Waals surface area contributed by atoms with Gasteiger partial charge in [-0.1, -0.05) is 24.0 Å². The highest BCUT2D eigenvalue weighted by molar-refractivity contribution is 5.65. The molecule has 7 heteroatoms. The maximum atomic E-state index is 9.83. The smallest absolute Gasteiger partial charge is 0.166 e. The molecule has 7 nitrogen and oxygen atoms in total. The van der Waals surface area contributed by atoms with Gasteiger partial charge in [0.15, 0.2) is 11.6 Å². The van der Waals surface area contributed by atoms with Crippen LogP contribution >= 0.6 is 0 Å². The molecule has 4 rings (SSSR count). The van der Waals surface area contributed by atoms with Gasteiger partial charge in [-0.3, -0.25) is 4.68 Å². The Morgan fingerprint density at radius 3 is 2.88 bits per heavy atom. The Bertz CT molecular complexity index is 1220. The zero-order valence-electron chi connectivity index (χ0n) is 20.3. The molecular weight excluding hydrogens is 402 g/mol. The zero-order chi connectivity index (χ0) is 24.3. The number of piperidine rings is 1. The van der Waals surface area contributed by atoms with Crippen LogP contribution < -0.4 is 15.8 Å². The number of ether oxygens (including phenoxy) is 1. The molecule has 0 spiro atoms. The lowest BCUT2D eigenvalue weighted by atomic mass is 10.1. The van der Waals surface area contributed by atoms with E-state index in [9.17, 15) is 5.11 Å². The quantitative estimate of drug-likeness (QED) is 0.535. The number of nitrogen functional groups attached to an aromatic ring is 1. The molecule has 1 aliphatic heterocycles. The van der Waals surface area contributed by atoms with E-state index in [4.69, 9.17) is 13.2 Å². The number of nitrogens with two attached hydrogens (primary N) is 1. The number of anilines is 1. The third-order valence-electron chi connectivity index (χ3n) is 5.15. The maximum Gasteiger partial charge on any atom is 0.166 e. The summed E-state index contributed by atoms with van der Waals surface area (Å²) in [4.78, 5) is 4.22. The number of benzene rings is 1. The van der Waals surface area contributed by atoms with Gasteiger partial charge < -0.3 is 20.9 Å². The summed E-state index contributed by atoms with van der Waals surface area (Å²) in [6.07, 6.45) is 7.43. The van der Waals surface area contributed by atoms with Crippen LogP contribution in [0.25, 0.3) is 11.1 Å². The van der Waals surface area contributed by atoms with Gasteiger partial charge in [-0.05, 0) is 63.5 Å². The van der Waals surface area contributed by atoms with Crippen molar-refractivity contribution in [2.75, 3.05) is 18.8 Å². The van der Waals surface area contributed by atoms with Crippen LogP contribution in [0.1, 0.15) is 46.6 Å². The first-order chi connectivity index (χ1) is 16.1. The monoisotopic (exact) mass is 433 g/mol. The Morgan fingerprint density at radius 1 is 1.28 bits per heavy atom. The molecule has 0 atom stereocenters. The van der Waals surface area contributed by atoms with Crippen molar-refractivity contribution in [1.82, 2.24) is 20.1 Å². The van der Waals surface area contributed by atoms with Crippen molar-refractivity contribution in [3.63, 3.8) is 0 Å². The molecule has 3 aromatic rings. The summed E-state index contributed by atoms with van der Waals surface area (Å²) in [5.74, 6) is 5.82. The number of nitrogens with zero attached hydrogens (tertiary/aromatic N) is 3. The predicted octanol–water partition coefficient (Wildman–Crippen LogP) is 3.15. The summed E-state index contributed by atoms with van der Waals surface area (Å²) in [6.45, 7) is 2.94. The van der Waals surface area contributed by atoms with Gasteiger partial charge in [0.1, 0.15) is 12.2 Å². The first kappa shape index (κ1) is 19.4. The van der Waals surface area contributed by atoms with E-state index in [0.29, 0.717) is 11.6 Å². The average Bonchev–Trinajstić information content (AvgIpc) is 3.30. The summed E-state index contributed by atoms with van der Waals surface area (Å²) in [5.41, 5.74) is 7.32. The van der Waals surface area contributed by atoms with Gasteiger partial charge in [0, 0.05) is 29.1 Å². The van der Waals surface area contributed by atoms with Gasteiger partial charge in [0.25, 0.3) is 0 Å². The van der Waals surface area contributed by atoms with Gasteiger partial charge >= 0.3 is 0 Å². The second kappa shape index (κ2) is 9.43. The van der Waals surface area contributed by atoms with Crippen LogP contribution in [0.2, 0.25) is 0 Å². The summed E-state index contributed by atoms with van der Waals surface area (Å²) < 4.78 is 24.7. The Morgan fingerprint density at radius 2 is 2.09 bits per heavy atom. The molecule has 1 aromatic carbocycles. The van der Waals surface area contributed by atoms with Crippen LogP contribution in [0.4, 0.5) is 5.82 Å². The van der Waals surface area contributed by atoms with Crippen LogP contribution in [-0.4, -0.2) is 38.6 Å². The Kier molecular flexibility index (Phi) is 5.70. The second-order valence-corrected chi connectivity index (χ2v) is 8.39. The predicted molar refractivity (Wildman–Crippen MR) is 125 cm³/mol. The van der Waals surface area contributed by atoms with Crippen LogP contribution in [0, 0.1) is 11.8 Å². The van der Waals surface area contributed by atoms with Crippen molar-refractivity contribution in [1.29, 1.82) is 0 Å². The SMILES string of the molecule is [2H]C([2H])(Oc1cc(-c2cnn(C3CCNCC3)c2)cnc1N)c1cccc(C#CC(C)(C)O)c1. The largest absolute Gasteiger partial charge is 0.485 e. The zero-order valence-corrected chi connectivity index (χ0v) is 18.3. The van der Waals surface area contributed by atoms with E-state index in [0.717, 1.165) is 37.1 Å². The first-order valence-corrected chi connectivity index (χ1v) is 10.7. The molecular formula is C25H29N5O2. The van der Waals surface area contributed by atoms with Gasteiger partial charge in [0.2, 0.25) is 0 Å². The van der Waals surface area contributed by atoms with Crippen LogP contribution in [0.5, 0.6) is 5.75 Å². The Hall–Kier alpha value is -3.34. The van der Waals surface area contributed by atoms with Gasteiger partial charge in [0.05, 0.1) is 15.0 Å². The first-order valence-electron chi connectivity index (χ1n) is 11.7. The Labute approximate surface area is 191 Å². The minimum atomic E-state index is -2.18. The fourth-order valence-corrected chi connectivity index (χ4v) is 3.45. The molecule has 1 saturated heterocycles. The van der Waals surface area contributed by atoms with Crippen LogP contribution in [0.15, 0.2) is 48.9 Å². The molecule has 1 aliphatic rings. The third kappa shape index (κ3) is 5.67. The van der Waals surface area contributed by atoms with Crippen molar-refractivity contribution in [2.24, 2.45) is 0 Å². The van der Waals surface area contributed by atoms with Crippen molar-refractivity contribution in [2.45, 2.75) is 44.9 Å². The average molecular weight is 434 g/mol. The molecule has 32 heavy (non-hydrogen) atoms. The van der Waals surface area contributed by atoms with E-state index in [1.165, 1.54) is 0 Å². The highest BCUT2D eigenvalue weighted by Gasteiger charge is 2.16. The number of hydrogen-bond acceptors (Lipinski definition) is 6. The minimum Gasteiger partial charge on any atom is -0.485 e. The van der Waals surface area contributed by atoms with Gasteiger partial charge in [-0.15, -0.1) is 0 Å². The number of hydrogen-bond donors (Lipinski definition) is 3. The lowest BCUT2D eigenvalue weighted by Crippen LogP contribution is -2.29. The summed E-state index contributed by atoms with van der Waals surface area (Å²) in [5, 5.41) is 17.7. The molecule has 3 heterocycles. The summed E-state index contributed by atoms with van der Waals surface area (Å²) in [6, 6.07) is 8.68. The number of rotatable bonds is 5. The Balaban J connectivity index is 1.56. The topological polar surface area (TPSA) is 98.2 Å². The fraction of sp³-hybridized carbons (Fsp3) is 0.360. The number of nitrogens with one attached hydrogen (secondary N) is 1. The molecule has 166 valence electrons. The lowest BCUT2D eigenvalue weighted by molar-refractivity contribution is 0.143. The highest BCUT2D eigenvalue weighted by Crippen LogP contribution is 2.29. The fourth-order valence-electron chi connectivity index (χ4n) is 3.45. The lowest BCUT2D eigenvalue weighted by Gasteiger charge is -2.22. The van der Waals surface area contributed by atoms with Crippen LogP contribution in [0.3, 0.4) is 0 Å². The third-order valence-corrected chi connectivity index (χ3v) is 5.15. The summed E-state index contributed by atoms with van der Waals surface area (Å²) >= 11 is 0. The van der Waals surface area contributed by atoms with E-state index < -0.39 is 12.2 Å². The molecule has 2 aromatic heterocycles. The number of aliphatic hydroxyl groups is 1. The van der Waals surface area contributed by atoms with Gasteiger partial charge in [-0.25, -0.2) is 4.98 Å². The number of pyridine rings is 1. The minimum absolute atomic E-state index is 0.0938. The van der Waals surface area contributed by atoms with E-state index in [1.54, 1.807) is 56.6 Å². The van der Waals surface area contributed by atoms with Crippen LogP contribution in [-0.2, 0) is 6.56 Å². The molecule has 0 aliphatic carbocycles. The van der Waals surface area contributed by atoms with Crippen molar-refractivity contribution in [3.05, 3.63) is 60.0 Å². The van der Waals surface area contributed by atoms with Crippen molar-refractivity contribution >= 4 is 5.82 Å².